The Morgan fingerprint density at radius 3 is 2.53 bits per heavy atom. The third kappa shape index (κ3) is 4.06. The first-order valence-corrected chi connectivity index (χ1v) is 5.94. The maximum absolute atomic E-state index is 12.0. The largest absolute Gasteiger partial charge is 0.472 e. The summed E-state index contributed by atoms with van der Waals surface area (Å²) in [5, 5.41) is 3.31. The lowest BCUT2D eigenvalue weighted by atomic mass is 10.1. The van der Waals surface area contributed by atoms with Gasteiger partial charge in [-0.2, -0.15) is 8.78 Å². The molecule has 1 aromatic heterocycles. The van der Waals surface area contributed by atoms with Gasteiger partial charge in [-0.25, -0.2) is 0 Å². The minimum atomic E-state index is -2.79. The maximum Gasteiger partial charge on any atom is 0.387 e. The quantitative estimate of drug-likeness (QED) is 0.866. The van der Waals surface area contributed by atoms with Crippen LogP contribution in [0, 0.1) is 0 Å². The lowest BCUT2D eigenvalue weighted by molar-refractivity contribution is -0.0498. The van der Waals surface area contributed by atoms with Crippen LogP contribution in [0.3, 0.4) is 0 Å². The normalized spacial score (nSPS) is 12.6. The van der Waals surface area contributed by atoms with Gasteiger partial charge in [-0.1, -0.05) is 12.1 Å². The highest BCUT2D eigenvalue weighted by atomic mass is 19.3. The van der Waals surface area contributed by atoms with Gasteiger partial charge in [0.05, 0.1) is 12.5 Å². The Kier molecular flexibility index (Phi) is 4.52. The number of benzene rings is 1. The Labute approximate surface area is 110 Å². The third-order valence-electron chi connectivity index (χ3n) is 2.80. The summed E-state index contributed by atoms with van der Waals surface area (Å²) in [6, 6.07) is 8.64. The van der Waals surface area contributed by atoms with E-state index in [4.69, 9.17) is 4.42 Å². The molecule has 2 aromatic rings. The molecule has 19 heavy (non-hydrogen) atoms. The summed E-state index contributed by atoms with van der Waals surface area (Å²) < 4.78 is 33.3. The van der Waals surface area contributed by atoms with E-state index in [1.165, 1.54) is 12.1 Å². The second-order valence-corrected chi connectivity index (χ2v) is 4.18. The molecule has 3 nitrogen and oxygen atoms in total. The highest BCUT2D eigenvalue weighted by Gasteiger charge is 2.07. The number of hydrogen-bond acceptors (Lipinski definition) is 3. The Morgan fingerprint density at radius 1 is 1.21 bits per heavy atom. The summed E-state index contributed by atoms with van der Waals surface area (Å²) in [4.78, 5) is 0. The van der Waals surface area contributed by atoms with Gasteiger partial charge in [0.25, 0.3) is 0 Å². The minimum absolute atomic E-state index is 0.163. The number of hydrogen-bond donors (Lipinski definition) is 1. The van der Waals surface area contributed by atoms with Crippen molar-refractivity contribution in [1.29, 1.82) is 0 Å². The summed E-state index contributed by atoms with van der Waals surface area (Å²) in [6.07, 6.45) is 3.32. The maximum atomic E-state index is 12.0. The van der Waals surface area contributed by atoms with Gasteiger partial charge in [0, 0.05) is 18.2 Å². The molecule has 0 aliphatic carbocycles. The predicted octanol–water partition coefficient (Wildman–Crippen LogP) is 3.73. The summed E-state index contributed by atoms with van der Waals surface area (Å²) in [5.41, 5.74) is 2.06. The lowest BCUT2D eigenvalue weighted by Gasteiger charge is -2.12. The van der Waals surface area contributed by atoms with Crippen molar-refractivity contribution >= 4 is 0 Å². The van der Waals surface area contributed by atoms with Crippen molar-refractivity contribution in [2.75, 3.05) is 0 Å². The lowest BCUT2D eigenvalue weighted by Crippen LogP contribution is -2.17. The first-order valence-electron chi connectivity index (χ1n) is 5.94. The molecule has 1 unspecified atom stereocenters. The zero-order chi connectivity index (χ0) is 13.7. The van der Waals surface area contributed by atoms with Crippen molar-refractivity contribution in [3.8, 4) is 5.75 Å². The molecule has 0 bridgehead atoms. The average Bonchev–Trinajstić information content (AvgIpc) is 2.91. The highest BCUT2D eigenvalue weighted by Crippen LogP contribution is 2.16. The van der Waals surface area contributed by atoms with Gasteiger partial charge in [-0.15, -0.1) is 0 Å². The fourth-order valence-corrected chi connectivity index (χ4v) is 1.70. The van der Waals surface area contributed by atoms with Crippen molar-refractivity contribution in [3.63, 3.8) is 0 Å². The number of alkyl halides is 2. The molecule has 0 aliphatic rings. The molecule has 0 aliphatic heterocycles. The first-order chi connectivity index (χ1) is 9.15. The molecular formula is C14H15F2NO2. The predicted molar refractivity (Wildman–Crippen MR) is 67.0 cm³/mol. The van der Waals surface area contributed by atoms with Crippen LogP contribution in [0.25, 0.3) is 0 Å². The first kappa shape index (κ1) is 13.5. The molecule has 0 saturated heterocycles. The molecule has 5 heteroatoms. The number of ether oxygens (including phenoxy) is 1. The van der Waals surface area contributed by atoms with Crippen LogP contribution < -0.4 is 10.1 Å². The van der Waals surface area contributed by atoms with Crippen LogP contribution >= 0.6 is 0 Å². The van der Waals surface area contributed by atoms with Gasteiger partial charge in [0.15, 0.2) is 0 Å². The smallest absolute Gasteiger partial charge is 0.387 e. The molecule has 1 aromatic carbocycles. The monoisotopic (exact) mass is 267 g/mol. The van der Waals surface area contributed by atoms with Crippen molar-refractivity contribution < 1.29 is 17.9 Å². The molecule has 0 amide bonds. The summed E-state index contributed by atoms with van der Waals surface area (Å²) in [7, 11) is 0. The van der Waals surface area contributed by atoms with Gasteiger partial charge < -0.3 is 14.5 Å². The number of furan rings is 1. The molecule has 1 heterocycles. The SMILES string of the molecule is CC(NCc1ccc(OC(F)F)cc1)c1ccoc1. The van der Waals surface area contributed by atoms with Gasteiger partial charge in [0.1, 0.15) is 5.75 Å². The van der Waals surface area contributed by atoms with E-state index in [0.29, 0.717) is 6.54 Å². The zero-order valence-electron chi connectivity index (χ0n) is 10.5. The van der Waals surface area contributed by atoms with Crippen LogP contribution in [0.4, 0.5) is 8.78 Å². The number of halogens is 2. The Morgan fingerprint density at radius 2 is 1.95 bits per heavy atom. The number of nitrogens with one attached hydrogen (secondary N) is 1. The van der Waals surface area contributed by atoms with E-state index in [-0.39, 0.29) is 11.8 Å². The summed E-state index contributed by atoms with van der Waals surface area (Å²) in [6.45, 7) is -0.120. The van der Waals surface area contributed by atoms with Crippen molar-refractivity contribution in [1.82, 2.24) is 5.32 Å². The fraction of sp³-hybridized carbons (Fsp3) is 0.286. The van der Waals surface area contributed by atoms with E-state index in [2.05, 4.69) is 10.1 Å². The van der Waals surface area contributed by atoms with Crippen LogP contribution in [0.15, 0.2) is 47.3 Å². The molecule has 0 spiro atoms. The van der Waals surface area contributed by atoms with E-state index in [1.807, 2.05) is 13.0 Å². The van der Waals surface area contributed by atoms with Gasteiger partial charge in [0.2, 0.25) is 0 Å². The Balaban J connectivity index is 1.86. The van der Waals surface area contributed by atoms with E-state index < -0.39 is 6.61 Å². The molecule has 102 valence electrons. The summed E-state index contributed by atoms with van der Waals surface area (Å²) in [5.74, 6) is 0.168. The standard InChI is InChI=1S/C14H15F2NO2/c1-10(12-6-7-18-9-12)17-8-11-2-4-13(5-3-11)19-14(15)16/h2-7,9-10,14,17H,8H2,1H3. The molecule has 0 radical (unpaired) electrons. The molecule has 0 fully saturated rings. The molecule has 1 N–H and O–H groups in total. The van der Waals surface area contributed by atoms with E-state index in [0.717, 1.165) is 11.1 Å². The second-order valence-electron chi connectivity index (χ2n) is 4.18. The van der Waals surface area contributed by atoms with Crippen molar-refractivity contribution in [2.45, 2.75) is 26.1 Å². The van der Waals surface area contributed by atoms with Crippen molar-refractivity contribution in [3.05, 3.63) is 54.0 Å². The van der Waals surface area contributed by atoms with Gasteiger partial charge in [-0.05, 0) is 30.7 Å². The molecular weight excluding hydrogens is 252 g/mol. The molecule has 1 atom stereocenters. The van der Waals surface area contributed by atoms with Gasteiger partial charge in [-0.3, -0.25) is 0 Å². The minimum Gasteiger partial charge on any atom is -0.472 e. The van der Waals surface area contributed by atoms with Crippen LogP contribution in [0.2, 0.25) is 0 Å². The number of rotatable bonds is 6. The topological polar surface area (TPSA) is 34.4 Å². The fourth-order valence-electron chi connectivity index (χ4n) is 1.70. The molecule has 2 rings (SSSR count). The van der Waals surface area contributed by atoms with Crippen molar-refractivity contribution in [2.24, 2.45) is 0 Å². The Bertz CT molecular complexity index is 483. The third-order valence-corrected chi connectivity index (χ3v) is 2.80. The van der Waals surface area contributed by atoms with Crippen LogP contribution in [0.5, 0.6) is 5.75 Å². The van der Waals surface area contributed by atoms with E-state index in [1.54, 1.807) is 24.7 Å². The zero-order valence-corrected chi connectivity index (χ0v) is 10.5. The van der Waals surface area contributed by atoms with Crippen LogP contribution in [-0.4, -0.2) is 6.61 Å². The summed E-state index contributed by atoms with van der Waals surface area (Å²) >= 11 is 0. The van der Waals surface area contributed by atoms with Crippen LogP contribution in [-0.2, 0) is 6.54 Å². The average molecular weight is 267 g/mol. The van der Waals surface area contributed by atoms with Gasteiger partial charge >= 0.3 is 6.61 Å². The van der Waals surface area contributed by atoms with E-state index in [9.17, 15) is 8.78 Å². The highest BCUT2D eigenvalue weighted by molar-refractivity contribution is 5.27. The van der Waals surface area contributed by atoms with E-state index >= 15 is 0 Å². The second kappa shape index (κ2) is 6.33. The Hall–Kier alpha value is -1.88. The van der Waals surface area contributed by atoms with Crippen LogP contribution in [0.1, 0.15) is 24.1 Å². The molecule has 0 saturated carbocycles.